The van der Waals surface area contributed by atoms with Crippen molar-refractivity contribution in [1.82, 2.24) is 0 Å². The van der Waals surface area contributed by atoms with Crippen molar-refractivity contribution in [2.45, 2.75) is 73.3 Å². The van der Waals surface area contributed by atoms with Crippen LogP contribution in [0.3, 0.4) is 0 Å². The van der Waals surface area contributed by atoms with Gasteiger partial charge in [0, 0.05) is 10.8 Å². The topological polar surface area (TPSA) is 40.5 Å². The molecule has 2 aliphatic rings. The Morgan fingerprint density at radius 2 is 0.938 bits per heavy atom. The Bertz CT molecular complexity index is 215. The molecule has 2 aliphatic carbocycles. The Hall–Kier alpha value is 0.500. The molecule has 2 N–H and O–H groups in total. The Balaban J connectivity index is 2.04. The monoisotopic (exact) mass is 266 g/mol. The van der Waals surface area contributed by atoms with Crippen molar-refractivity contribution in [3.8, 4) is 0 Å². The second-order valence-corrected chi connectivity index (χ2v) is 6.65. The SMILES string of the molecule is OC1(C2(O)CCC(Cl)CC2)CCC(Cl)CC1. The molecule has 2 fully saturated rings. The van der Waals surface area contributed by atoms with Gasteiger partial charge in [0.15, 0.2) is 0 Å². The quantitative estimate of drug-likeness (QED) is 0.717. The summed E-state index contributed by atoms with van der Waals surface area (Å²) in [7, 11) is 0. The average molecular weight is 267 g/mol. The molecule has 2 nitrogen and oxygen atoms in total. The molecule has 94 valence electrons. The fourth-order valence-electron chi connectivity index (χ4n) is 3.05. The molecule has 0 heterocycles. The van der Waals surface area contributed by atoms with Gasteiger partial charge in [-0.3, -0.25) is 0 Å². The highest BCUT2D eigenvalue weighted by molar-refractivity contribution is 6.20. The number of halogens is 2. The van der Waals surface area contributed by atoms with Crippen LogP contribution in [0.1, 0.15) is 51.4 Å². The summed E-state index contributed by atoms with van der Waals surface area (Å²) in [6.45, 7) is 0. The Labute approximate surface area is 107 Å². The van der Waals surface area contributed by atoms with E-state index in [1.54, 1.807) is 0 Å². The first kappa shape index (κ1) is 12.9. The van der Waals surface area contributed by atoms with Crippen molar-refractivity contribution in [3.63, 3.8) is 0 Å². The first-order valence-electron chi connectivity index (χ1n) is 6.18. The summed E-state index contributed by atoms with van der Waals surface area (Å²) < 4.78 is 0. The fraction of sp³-hybridized carbons (Fsp3) is 1.00. The van der Waals surface area contributed by atoms with E-state index in [4.69, 9.17) is 23.2 Å². The summed E-state index contributed by atoms with van der Waals surface area (Å²) in [5, 5.41) is 21.5. The van der Waals surface area contributed by atoms with E-state index in [0.717, 1.165) is 25.7 Å². The molecule has 0 atom stereocenters. The van der Waals surface area contributed by atoms with Gasteiger partial charge in [-0.25, -0.2) is 0 Å². The van der Waals surface area contributed by atoms with Crippen LogP contribution in [0.25, 0.3) is 0 Å². The highest BCUT2D eigenvalue weighted by Crippen LogP contribution is 2.46. The summed E-state index contributed by atoms with van der Waals surface area (Å²) >= 11 is 12.1. The molecule has 0 aromatic heterocycles. The highest BCUT2D eigenvalue weighted by Gasteiger charge is 2.51. The van der Waals surface area contributed by atoms with Crippen molar-refractivity contribution >= 4 is 23.2 Å². The number of rotatable bonds is 1. The molecule has 0 aromatic rings. The minimum atomic E-state index is -0.935. The van der Waals surface area contributed by atoms with Gasteiger partial charge in [-0.15, -0.1) is 23.2 Å². The molecular weight excluding hydrogens is 247 g/mol. The van der Waals surface area contributed by atoms with Gasteiger partial charge in [-0.05, 0) is 51.4 Å². The molecule has 0 unspecified atom stereocenters. The van der Waals surface area contributed by atoms with Crippen LogP contribution < -0.4 is 0 Å². The standard InChI is InChI=1S/C12H20Cl2O2/c13-9-1-5-11(15,6-2-9)12(16)7-3-10(14)4-8-12/h9-10,15-16H,1-8H2. The van der Waals surface area contributed by atoms with Crippen LogP contribution in [0, 0.1) is 0 Å². The van der Waals surface area contributed by atoms with Gasteiger partial charge < -0.3 is 10.2 Å². The maximum absolute atomic E-state index is 10.6. The van der Waals surface area contributed by atoms with Crippen molar-refractivity contribution in [1.29, 1.82) is 0 Å². The van der Waals surface area contributed by atoms with E-state index in [1.165, 1.54) is 0 Å². The predicted molar refractivity (Wildman–Crippen MR) is 66.1 cm³/mol. The number of aliphatic hydroxyl groups is 2. The molecule has 0 aliphatic heterocycles. The molecule has 0 spiro atoms. The molecule has 16 heavy (non-hydrogen) atoms. The number of hydrogen-bond acceptors (Lipinski definition) is 2. The molecule has 0 bridgehead atoms. The second kappa shape index (κ2) is 4.64. The molecule has 0 saturated heterocycles. The van der Waals surface area contributed by atoms with Crippen LogP contribution in [0.2, 0.25) is 0 Å². The number of hydrogen-bond donors (Lipinski definition) is 2. The van der Waals surface area contributed by atoms with Crippen molar-refractivity contribution in [2.75, 3.05) is 0 Å². The summed E-state index contributed by atoms with van der Waals surface area (Å²) in [6.07, 6.45) is 5.65. The fourth-order valence-corrected chi connectivity index (χ4v) is 3.49. The largest absolute Gasteiger partial charge is 0.387 e. The first-order valence-corrected chi connectivity index (χ1v) is 7.05. The van der Waals surface area contributed by atoms with E-state index in [-0.39, 0.29) is 10.8 Å². The average Bonchev–Trinajstić information content (AvgIpc) is 2.27. The zero-order chi connectivity index (χ0) is 11.8. The lowest BCUT2D eigenvalue weighted by atomic mass is 9.66. The highest BCUT2D eigenvalue weighted by atomic mass is 35.5. The van der Waals surface area contributed by atoms with Gasteiger partial charge in [-0.2, -0.15) is 0 Å². The lowest BCUT2D eigenvalue weighted by molar-refractivity contribution is -0.181. The summed E-state index contributed by atoms with van der Waals surface area (Å²) in [6, 6.07) is 0. The smallest absolute Gasteiger partial charge is 0.0934 e. The third-order valence-electron chi connectivity index (χ3n) is 4.35. The first-order chi connectivity index (χ1) is 7.45. The summed E-state index contributed by atoms with van der Waals surface area (Å²) in [5.74, 6) is 0. The molecular formula is C12H20Cl2O2. The molecule has 4 heteroatoms. The van der Waals surface area contributed by atoms with Gasteiger partial charge in [0.1, 0.15) is 0 Å². The zero-order valence-electron chi connectivity index (χ0n) is 9.46. The van der Waals surface area contributed by atoms with Gasteiger partial charge in [0.2, 0.25) is 0 Å². The second-order valence-electron chi connectivity index (χ2n) is 5.41. The summed E-state index contributed by atoms with van der Waals surface area (Å²) in [5.41, 5.74) is -1.87. The van der Waals surface area contributed by atoms with Crippen LogP contribution in [0.4, 0.5) is 0 Å². The van der Waals surface area contributed by atoms with E-state index in [0.29, 0.717) is 25.7 Å². The van der Waals surface area contributed by atoms with E-state index >= 15 is 0 Å². The van der Waals surface area contributed by atoms with Crippen molar-refractivity contribution in [2.24, 2.45) is 0 Å². The van der Waals surface area contributed by atoms with Gasteiger partial charge in [0.25, 0.3) is 0 Å². The maximum atomic E-state index is 10.6. The summed E-state index contributed by atoms with van der Waals surface area (Å²) in [4.78, 5) is 0. The zero-order valence-corrected chi connectivity index (χ0v) is 11.0. The lowest BCUT2D eigenvalue weighted by Crippen LogP contribution is -2.57. The van der Waals surface area contributed by atoms with E-state index in [9.17, 15) is 10.2 Å². The van der Waals surface area contributed by atoms with E-state index < -0.39 is 11.2 Å². The molecule has 0 amide bonds. The van der Waals surface area contributed by atoms with Crippen LogP contribution in [-0.2, 0) is 0 Å². The molecule has 0 aromatic carbocycles. The number of alkyl halides is 2. The predicted octanol–water partition coefficient (Wildman–Crippen LogP) is 2.81. The van der Waals surface area contributed by atoms with Gasteiger partial charge >= 0.3 is 0 Å². The molecule has 2 saturated carbocycles. The third kappa shape index (κ3) is 2.35. The van der Waals surface area contributed by atoms with Crippen LogP contribution in [0.5, 0.6) is 0 Å². The molecule has 2 rings (SSSR count). The molecule has 0 radical (unpaired) electrons. The van der Waals surface area contributed by atoms with E-state index in [1.807, 2.05) is 0 Å². The lowest BCUT2D eigenvalue weighted by Gasteiger charge is -2.49. The Kier molecular flexibility index (Phi) is 3.75. The Morgan fingerprint density at radius 3 is 1.19 bits per heavy atom. The minimum absolute atomic E-state index is 0.160. The van der Waals surface area contributed by atoms with Crippen molar-refractivity contribution < 1.29 is 10.2 Å². The maximum Gasteiger partial charge on any atom is 0.0934 e. The van der Waals surface area contributed by atoms with Crippen LogP contribution >= 0.6 is 23.2 Å². The van der Waals surface area contributed by atoms with Gasteiger partial charge in [-0.1, -0.05) is 0 Å². The minimum Gasteiger partial charge on any atom is -0.387 e. The van der Waals surface area contributed by atoms with Crippen LogP contribution in [-0.4, -0.2) is 32.2 Å². The van der Waals surface area contributed by atoms with Gasteiger partial charge in [0.05, 0.1) is 11.2 Å². The van der Waals surface area contributed by atoms with Crippen LogP contribution in [0.15, 0.2) is 0 Å². The Morgan fingerprint density at radius 1 is 0.688 bits per heavy atom. The van der Waals surface area contributed by atoms with E-state index in [2.05, 4.69) is 0 Å². The van der Waals surface area contributed by atoms with Crippen molar-refractivity contribution in [3.05, 3.63) is 0 Å². The third-order valence-corrected chi connectivity index (χ3v) is 5.22. The normalized spacial score (nSPS) is 50.2.